The van der Waals surface area contributed by atoms with Crippen LogP contribution in [0.2, 0.25) is 15.1 Å². The average Bonchev–Trinajstić information content (AvgIpc) is 2.70. The second-order valence-corrected chi connectivity index (χ2v) is 7.52. The van der Waals surface area contributed by atoms with Crippen LogP contribution in [0.25, 0.3) is 11.4 Å². The zero-order chi connectivity index (χ0) is 23.1. The zero-order valence-corrected chi connectivity index (χ0v) is 18.1. The van der Waals surface area contributed by atoms with Gasteiger partial charge in [0, 0.05) is 10.6 Å². The number of aromatic amines is 1. The van der Waals surface area contributed by atoms with Crippen molar-refractivity contribution in [3.8, 4) is 17.1 Å². The second kappa shape index (κ2) is 10.9. The normalized spacial score (nSPS) is 9.90. The van der Waals surface area contributed by atoms with Crippen molar-refractivity contribution in [1.82, 2.24) is 9.97 Å². The molecule has 3 aromatic rings. The molecule has 13 heteroatoms. The van der Waals surface area contributed by atoms with Crippen LogP contribution in [0, 0.1) is 0 Å². The Bertz CT molecular complexity index is 1210. The fourth-order valence-electron chi connectivity index (χ4n) is 2.25. The maximum Gasteiger partial charge on any atom is 0.373 e. The number of carbonyl (C=O) groups is 1. The highest BCUT2D eigenvalue weighted by Gasteiger charge is 2.19. The molecule has 0 spiro atoms. The molecule has 0 fully saturated rings. The number of aromatic hydroxyl groups is 1. The summed E-state index contributed by atoms with van der Waals surface area (Å²) in [5.41, 5.74) is -0.811. The van der Waals surface area contributed by atoms with Gasteiger partial charge in [-0.1, -0.05) is 46.9 Å². The number of aromatic nitrogens is 2. The molecule has 0 aliphatic carbocycles. The molecule has 0 amide bonds. The van der Waals surface area contributed by atoms with Gasteiger partial charge in [0.2, 0.25) is 5.75 Å². The van der Waals surface area contributed by atoms with E-state index in [0.29, 0.717) is 31.2 Å². The Morgan fingerprint density at radius 1 is 1.13 bits per heavy atom. The smallest absolute Gasteiger partial charge is 0.373 e. The summed E-state index contributed by atoms with van der Waals surface area (Å²) in [4.78, 5) is 46.1. The lowest BCUT2D eigenvalue weighted by Crippen LogP contribution is -2.15. The van der Waals surface area contributed by atoms with E-state index >= 15 is 0 Å². The number of hydrogen-bond donors (Lipinski definition) is 4. The fourth-order valence-corrected chi connectivity index (χ4v) is 4.01. The van der Waals surface area contributed by atoms with E-state index in [0.717, 1.165) is 11.9 Å². The number of H-pyrrole nitrogens is 1. The number of rotatable bonds is 5. The molecular weight excluding hydrogens is 493 g/mol. The van der Waals surface area contributed by atoms with E-state index in [1.807, 2.05) is 0 Å². The number of carbonyl (C=O) groups excluding carboxylic acids is 2. The zero-order valence-electron chi connectivity index (χ0n) is 15.0. The first-order valence-electron chi connectivity index (χ1n) is 7.92. The molecule has 9 nitrogen and oxygen atoms in total. The number of aromatic carboxylic acids is 1. The molecular formula is C18H10Cl3N3O6S. The van der Waals surface area contributed by atoms with Gasteiger partial charge < -0.3 is 19.9 Å². The number of benzene rings is 2. The van der Waals surface area contributed by atoms with Crippen LogP contribution in [-0.2, 0) is 9.59 Å². The lowest BCUT2D eigenvalue weighted by Gasteiger charge is -2.13. The minimum absolute atomic E-state index is 0.0304. The van der Waals surface area contributed by atoms with Gasteiger partial charge in [-0.2, -0.15) is 9.59 Å². The number of halogens is 3. The number of hydrogen-bond acceptors (Lipinski definition) is 8. The molecule has 1 aromatic heterocycles. The van der Waals surface area contributed by atoms with Crippen molar-refractivity contribution in [2.75, 3.05) is 4.72 Å². The van der Waals surface area contributed by atoms with Gasteiger partial charge >= 0.3 is 12.1 Å². The predicted molar refractivity (Wildman–Crippen MR) is 115 cm³/mol. The van der Waals surface area contributed by atoms with E-state index in [-0.39, 0.29) is 12.0 Å². The van der Waals surface area contributed by atoms with Crippen molar-refractivity contribution in [3.05, 3.63) is 67.5 Å². The third-order valence-corrected chi connectivity index (χ3v) is 5.51. The van der Waals surface area contributed by atoms with E-state index in [1.54, 1.807) is 36.4 Å². The third kappa shape index (κ3) is 6.00. The van der Waals surface area contributed by atoms with Gasteiger partial charge in [-0.25, -0.2) is 9.78 Å². The van der Waals surface area contributed by atoms with Crippen molar-refractivity contribution in [1.29, 1.82) is 0 Å². The Hall–Kier alpha value is -3.01. The van der Waals surface area contributed by atoms with E-state index in [4.69, 9.17) is 49.5 Å². The summed E-state index contributed by atoms with van der Waals surface area (Å²) >= 11 is 19.3. The summed E-state index contributed by atoms with van der Waals surface area (Å²) < 4.78 is 3.04. The van der Waals surface area contributed by atoms with Crippen molar-refractivity contribution in [2.24, 2.45) is 0 Å². The number of para-hydroxylation sites is 1. The van der Waals surface area contributed by atoms with Crippen LogP contribution in [0.3, 0.4) is 0 Å². The van der Waals surface area contributed by atoms with Gasteiger partial charge in [0.05, 0.1) is 20.6 Å². The Kier molecular flexibility index (Phi) is 8.49. The van der Waals surface area contributed by atoms with Crippen LogP contribution in [0.5, 0.6) is 5.75 Å². The van der Waals surface area contributed by atoms with Crippen molar-refractivity contribution in [3.63, 3.8) is 0 Å². The van der Waals surface area contributed by atoms with Crippen LogP contribution in [0.1, 0.15) is 10.5 Å². The highest BCUT2D eigenvalue weighted by atomic mass is 35.5. The molecule has 2 aromatic carbocycles. The molecule has 0 radical (unpaired) electrons. The molecule has 0 aliphatic rings. The monoisotopic (exact) mass is 501 g/mol. The molecule has 0 aliphatic heterocycles. The molecule has 3 rings (SSSR count). The number of nitrogens with one attached hydrogen (secondary N) is 2. The number of carboxylic acid groups (broad SMARTS) is 1. The number of nitrogens with zero attached hydrogens (tertiary/aromatic N) is 1. The first kappa shape index (κ1) is 24.3. The highest BCUT2D eigenvalue weighted by Crippen LogP contribution is 2.38. The van der Waals surface area contributed by atoms with Gasteiger partial charge in [-0.15, -0.1) is 0 Å². The second-order valence-electron chi connectivity index (χ2n) is 5.45. The highest BCUT2D eigenvalue weighted by molar-refractivity contribution is 8.00. The first-order valence-corrected chi connectivity index (χ1v) is 9.87. The summed E-state index contributed by atoms with van der Waals surface area (Å²) in [6, 6.07) is 9.81. The largest absolute Gasteiger partial charge is 0.501 e. The topological polar surface area (TPSA) is 149 Å². The molecule has 0 saturated heterocycles. The summed E-state index contributed by atoms with van der Waals surface area (Å²) in [5.74, 6) is -2.52. The van der Waals surface area contributed by atoms with E-state index in [2.05, 4.69) is 14.7 Å². The molecule has 0 atom stereocenters. The van der Waals surface area contributed by atoms with Crippen LogP contribution >= 0.6 is 46.8 Å². The minimum Gasteiger partial charge on any atom is -0.501 e. The van der Waals surface area contributed by atoms with Gasteiger partial charge in [0.1, 0.15) is 5.82 Å². The maximum atomic E-state index is 11.9. The lowest BCUT2D eigenvalue weighted by molar-refractivity contribution is -0.191. The van der Waals surface area contributed by atoms with Gasteiger partial charge in [0.15, 0.2) is 5.69 Å². The summed E-state index contributed by atoms with van der Waals surface area (Å²) in [5, 5.41) is 19.8. The summed E-state index contributed by atoms with van der Waals surface area (Å²) in [6.45, 7) is 0. The average molecular weight is 503 g/mol. The number of carboxylic acids is 1. The van der Waals surface area contributed by atoms with Gasteiger partial charge in [-0.05, 0) is 36.2 Å². The molecule has 31 heavy (non-hydrogen) atoms. The quantitative estimate of drug-likeness (QED) is 0.374. The molecule has 160 valence electrons. The van der Waals surface area contributed by atoms with Crippen molar-refractivity contribution >= 4 is 64.6 Å². The minimum atomic E-state index is -1.52. The van der Waals surface area contributed by atoms with E-state index in [1.165, 1.54) is 0 Å². The van der Waals surface area contributed by atoms with Crippen LogP contribution in [-0.4, -0.2) is 32.3 Å². The Balaban J connectivity index is 0.00000107. The summed E-state index contributed by atoms with van der Waals surface area (Å²) in [7, 11) is 0. The maximum absolute atomic E-state index is 11.9. The SMILES string of the molecule is O=C(O)c1nc(-c2ccccc2NSc2c(Cl)cc(Cl)cc2Cl)[nH]c(=O)c1O.O=C=O. The van der Waals surface area contributed by atoms with Crippen molar-refractivity contribution in [2.45, 2.75) is 4.90 Å². The first-order chi connectivity index (χ1) is 14.7. The molecule has 0 unspecified atom stereocenters. The van der Waals surface area contributed by atoms with Crippen LogP contribution in [0.15, 0.2) is 46.1 Å². The van der Waals surface area contributed by atoms with Crippen LogP contribution in [0.4, 0.5) is 5.69 Å². The lowest BCUT2D eigenvalue weighted by atomic mass is 10.1. The molecule has 1 heterocycles. The van der Waals surface area contributed by atoms with Crippen LogP contribution < -0.4 is 10.3 Å². The Labute approximate surface area is 193 Å². The number of anilines is 1. The third-order valence-electron chi connectivity index (χ3n) is 3.51. The molecule has 4 N–H and O–H groups in total. The predicted octanol–water partition coefficient (Wildman–Crippen LogP) is 4.34. The van der Waals surface area contributed by atoms with E-state index in [9.17, 15) is 14.7 Å². The van der Waals surface area contributed by atoms with Crippen molar-refractivity contribution < 1.29 is 24.6 Å². The molecule has 0 bridgehead atoms. The van der Waals surface area contributed by atoms with E-state index < -0.39 is 23.0 Å². The van der Waals surface area contributed by atoms with Gasteiger partial charge in [0.25, 0.3) is 5.56 Å². The summed E-state index contributed by atoms with van der Waals surface area (Å²) in [6.07, 6.45) is 0.250. The van der Waals surface area contributed by atoms with Gasteiger partial charge in [-0.3, -0.25) is 4.79 Å². The fraction of sp³-hybridized carbons (Fsp3) is 0. The Morgan fingerprint density at radius 3 is 2.29 bits per heavy atom. The standard InChI is InChI=1S/C17H10Cl3N3O4S.CO2/c18-7-5-9(19)14(10(20)6-7)28-23-11-4-2-1-3-8(11)15-21-12(17(26)27)13(24)16(25)22-15;2-1-3/h1-6,23-24H,(H,26,27)(H,21,22,25);. The molecule has 0 saturated carbocycles. The Morgan fingerprint density at radius 2 is 1.71 bits per heavy atom.